The van der Waals surface area contributed by atoms with E-state index in [4.69, 9.17) is 0 Å². The van der Waals surface area contributed by atoms with E-state index in [9.17, 15) is 9.18 Å². The number of likely N-dealkylation sites (tertiary alicyclic amines) is 1. The first kappa shape index (κ1) is 18.6. The molecule has 4 heteroatoms. The second-order valence-corrected chi connectivity index (χ2v) is 7.45. The van der Waals surface area contributed by atoms with Gasteiger partial charge in [0.15, 0.2) is 0 Å². The molecular formula is C22H27FN2O. The minimum absolute atomic E-state index is 0.00561. The second kappa shape index (κ2) is 8.45. The first-order chi connectivity index (χ1) is 12.5. The van der Waals surface area contributed by atoms with Crippen LogP contribution >= 0.6 is 0 Å². The van der Waals surface area contributed by atoms with Gasteiger partial charge in [-0.2, -0.15) is 0 Å². The standard InChI is InChI=1S/C22H27FN2O/c1-16(2)18-7-9-19(10-8-18)22(26)24-21-4-3-13-25(15-21)14-17-5-11-20(23)12-6-17/h5-12,16,21H,3-4,13-15H2,1-2H3,(H,24,26). The van der Waals surface area contributed by atoms with Crippen molar-refractivity contribution in [1.82, 2.24) is 10.2 Å². The van der Waals surface area contributed by atoms with Crippen LogP contribution in [0, 0.1) is 5.82 Å². The Balaban J connectivity index is 1.55. The Bertz CT molecular complexity index is 725. The van der Waals surface area contributed by atoms with Gasteiger partial charge < -0.3 is 5.32 Å². The maximum Gasteiger partial charge on any atom is 0.251 e. The van der Waals surface area contributed by atoms with Gasteiger partial charge in [-0.05, 0) is 60.7 Å². The van der Waals surface area contributed by atoms with Gasteiger partial charge in [0, 0.05) is 24.7 Å². The molecule has 0 radical (unpaired) electrons. The van der Waals surface area contributed by atoms with E-state index in [1.54, 1.807) is 0 Å². The SMILES string of the molecule is CC(C)c1ccc(C(=O)NC2CCCN(Cc3ccc(F)cc3)C2)cc1. The summed E-state index contributed by atoms with van der Waals surface area (Å²) in [5.74, 6) is 0.250. The highest BCUT2D eigenvalue weighted by Gasteiger charge is 2.22. The lowest BCUT2D eigenvalue weighted by molar-refractivity contribution is 0.0900. The monoisotopic (exact) mass is 354 g/mol. The highest BCUT2D eigenvalue weighted by atomic mass is 19.1. The van der Waals surface area contributed by atoms with Crippen molar-refractivity contribution >= 4 is 5.91 Å². The highest BCUT2D eigenvalue weighted by Crippen LogP contribution is 2.17. The van der Waals surface area contributed by atoms with Crippen molar-refractivity contribution in [3.63, 3.8) is 0 Å². The molecule has 1 N–H and O–H groups in total. The van der Waals surface area contributed by atoms with Crippen molar-refractivity contribution < 1.29 is 9.18 Å². The van der Waals surface area contributed by atoms with Crippen molar-refractivity contribution in [3.05, 3.63) is 71.0 Å². The Kier molecular flexibility index (Phi) is 6.04. The topological polar surface area (TPSA) is 32.3 Å². The van der Waals surface area contributed by atoms with Crippen molar-refractivity contribution in [3.8, 4) is 0 Å². The molecule has 0 spiro atoms. The van der Waals surface area contributed by atoms with Gasteiger partial charge in [-0.15, -0.1) is 0 Å². The molecule has 26 heavy (non-hydrogen) atoms. The summed E-state index contributed by atoms with van der Waals surface area (Å²) in [4.78, 5) is 14.8. The summed E-state index contributed by atoms with van der Waals surface area (Å²) in [5, 5.41) is 3.17. The highest BCUT2D eigenvalue weighted by molar-refractivity contribution is 5.94. The van der Waals surface area contributed by atoms with Crippen LogP contribution in [0.15, 0.2) is 48.5 Å². The lowest BCUT2D eigenvalue weighted by Gasteiger charge is -2.33. The van der Waals surface area contributed by atoms with E-state index >= 15 is 0 Å². The summed E-state index contributed by atoms with van der Waals surface area (Å²) in [6.07, 6.45) is 2.05. The molecule has 1 unspecified atom stereocenters. The van der Waals surface area contributed by atoms with Crippen molar-refractivity contribution in [2.24, 2.45) is 0 Å². The van der Waals surface area contributed by atoms with Gasteiger partial charge >= 0.3 is 0 Å². The van der Waals surface area contributed by atoms with Crippen molar-refractivity contribution in [1.29, 1.82) is 0 Å². The molecule has 1 fully saturated rings. The summed E-state index contributed by atoms with van der Waals surface area (Å²) < 4.78 is 13.0. The predicted octanol–water partition coefficient (Wildman–Crippen LogP) is 4.34. The van der Waals surface area contributed by atoms with E-state index in [2.05, 4.69) is 24.1 Å². The number of nitrogens with zero attached hydrogens (tertiary/aromatic N) is 1. The maximum absolute atomic E-state index is 13.0. The molecule has 0 aliphatic carbocycles. The Morgan fingerprint density at radius 3 is 2.50 bits per heavy atom. The Morgan fingerprint density at radius 1 is 1.15 bits per heavy atom. The van der Waals surface area contributed by atoms with Crippen LogP contribution in [0.1, 0.15) is 54.1 Å². The fourth-order valence-corrected chi connectivity index (χ4v) is 3.45. The number of nitrogens with one attached hydrogen (secondary N) is 1. The molecule has 3 rings (SSSR count). The summed E-state index contributed by atoms with van der Waals surface area (Å²) in [6, 6.07) is 14.7. The number of carbonyl (C=O) groups excluding carboxylic acids is 1. The number of benzene rings is 2. The maximum atomic E-state index is 13.0. The molecule has 1 atom stereocenters. The average molecular weight is 354 g/mol. The van der Waals surface area contributed by atoms with Crippen molar-refractivity contribution in [2.45, 2.75) is 45.2 Å². The van der Waals surface area contributed by atoms with Crippen LogP contribution in [0.5, 0.6) is 0 Å². The fraction of sp³-hybridized carbons (Fsp3) is 0.409. The van der Waals surface area contributed by atoms with Gasteiger partial charge in [0.05, 0.1) is 0 Å². The van der Waals surface area contributed by atoms with Gasteiger partial charge in [-0.3, -0.25) is 9.69 Å². The second-order valence-electron chi connectivity index (χ2n) is 7.45. The number of halogens is 1. The van der Waals surface area contributed by atoms with E-state index in [-0.39, 0.29) is 17.8 Å². The summed E-state index contributed by atoms with van der Waals surface area (Å²) in [5.41, 5.74) is 3.05. The lowest BCUT2D eigenvalue weighted by Crippen LogP contribution is -2.47. The quantitative estimate of drug-likeness (QED) is 0.866. The molecule has 2 aromatic rings. The average Bonchev–Trinajstić information content (AvgIpc) is 2.64. The van der Waals surface area contributed by atoms with Gasteiger partial charge in [-0.25, -0.2) is 4.39 Å². The molecule has 0 saturated carbocycles. The zero-order chi connectivity index (χ0) is 18.5. The molecule has 2 aromatic carbocycles. The third-order valence-electron chi connectivity index (χ3n) is 5.00. The molecule has 3 nitrogen and oxygen atoms in total. The van der Waals surface area contributed by atoms with Crippen LogP contribution in [0.3, 0.4) is 0 Å². The normalized spacial score (nSPS) is 18.1. The minimum Gasteiger partial charge on any atom is -0.348 e. The molecule has 0 bridgehead atoms. The van der Waals surface area contributed by atoms with E-state index in [1.807, 2.05) is 36.4 Å². The molecule has 138 valence electrons. The number of rotatable bonds is 5. The summed E-state index contributed by atoms with van der Waals surface area (Å²) in [7, 11) is 0. The molecule has 1 saturated heterocycles. The van der Waals surface area contributed by atoms with Crippen LogP contribution in [0.25, 0.3) is 0 Å². The smallest absolute Gasteiger partial charge is 0.251 e. The molecule has 1 aliphatic rings. The molecule has 1 aliphatic heterocycles. The van der Waals surface area contributed by atoms with Crippen LogP contribution < -0.4 is 5.32 Å². The largest absolute Gasteiger partial charge is 0.348 e. The number of hydrogen-bond acceptors (Lipinski definition) is 2. The molecular weight excluding hydrogens is 327 g/mol. The third-order valence-corrected chi connectivity index (χ3v) is 5.00. The zero-order valence-corrected chi connectivity index (χ0v) is 15.5. The minimum atomic E-state index is -0.207. The van der Waals surface area contributed by atoms with E-state index in [0.717, 1.165) is 38.0 Å². The summed E-state index contributed by atoms with van der Waals surface area (Å²) in [6.45, 7) is 6.91. The summed E-state index contributed by atoms with van der Waals surface area (Å²) >= 11 is 0. The van der Waals surface area contributed by atoms with Crippen molar-refractivity contribution in [2.75, 3.05) is 13.1 Å². The van der Waals surface area contributed by atoms with Gasteiger partial charge in [0.2, 0.25) is 0 Å². The molecule has 1 heterocycles. The molecule has 1 amide bonds. The van der Waals surface area contributed by atoms with Crippen LogP contribution in [0.2, 0.25) is 0 Å². The number of piperidine rings is 1. The van der Waals surface area contributed by atoms with E-state index in [0.29, 0.717) is 11.5 Å². The van der Waals surface area contributed by atoms with Gasteiger partial charge in [0.1, 0.15) is 5.82 Å². The predicted molar refractivity (Wildman–Crippen MR) is 103 cm³/mol. The number of amides is 1. The first-order valence-electron chi connectivity index (χ1n) is 9.39. The lowest BCUT2D eigenvalue weighted by atomic mass is 10.0. The van der Waals surface area contributed by atoms with Crippen LogP contribution in [-0.2, 0) is 6.54 Å². The molecule has 0 aromatic heterocycles. The first-order valence-corrected chi connectivity index (χ1v) is 9.39. The Morgan fingerprint density at radius 2 is 1.85 bits per heavy atom. The number of carbonyl (C=O) groups is 1. The number of hydrogen-bond donors (Lipinski definition) is 1. The van der Waals surface area contributed by atoms with Crippen LogP contribution in [0.4, 0.5) is 4.39 Å². The van der Waals surface area contributed by atoms with Gasteiger partial charge in [-0.1, -0.05) is 38.1 Å². The van der Waals surface area contributed by atoms with Crippen LogP contribution in [-0.4, -0.2) is 29.9 Å². The Labute approximate surface area is 155 Å². The third kappa shape index (κ3) is 4.92. The Hall–Kier alpha value is -2.20. The van der Waals surface area contributed by atoms with E-state index in [1.165, 1.54) is 17.7 Å². The van der Waals surface area contributed by atoms with Gasteiger partial charge in [0.25, 0.3) is 5.91 Å². The fourth-order valence-electron chi connectivity index (χ4n) is 3.45. The van der Waals surface area contributed by atoms with E-state index < -0.39 is 0 Å². The zero-order valence-electron chi connectivity index (χ0n) is 15.5.